The third-order valence-corrected chi connectivity index (χ3v) is 5.42. The highest BCUT2D eigenvalue weighted by Crippen LogP contribution is 2.32. The van der Waals surface area contributed by atoms with Crippen LogP contribution in [0, 0.1) is 5.41 Å². The molecule has 2 N–H and O–H groups in total. The van der Waals surface area contributed by atoms with E-state index in [-0.39, 0.29) is 17.8 Å². The summed E-state index contributed by atoms with van der Waals surface area (Å²) in [6.45, 7) is 9.93. The zero-order chi connectivity index (χ0) is 15.6. The van der Waals surface area contributed by atoms with Gasteiger partial charge >= 0.3 is 0 Å². The number of likely N-dealkylation sites (tertiary alicyclic amines) is 1. The smallest absolute Gasteiger partial charge is 0.0642 e. The summed E-state index contributed by atoms with van der Waals surface area (Å²) in [4.78, 5) is 4.99. The number of hydrogen-bond donors (Lipinski definition) is 1. The molecule has 3 rings (SSSR count). The predicted molar refractivity (Wildman–Crippen MR) is 101 cm³/mol. The van der Waals surface area contributed by atoms with Crippen molar-refractivity contribution in [1.82, 2.24) is 4.90 Å². The Hall–Kier alpha value is -0.330. The highest BCUT2D eigenvalue weighted by molar-refractivity contribution is 9.10. The first-order valence-electron chi connectivity index (χ1n) is 8.13. The fraction of sp³-hybridized carbons (Fsp3) is 0.647. The molecule has 4 nitrogen and oxygen atoms in total. The van der Waals surface area contributed by atoms with Crippen LogP contribution in [0.5, 0.6) is 0 Å². The molecule has 0 radical (unpaired) electrons. The van der Waals surface area contributed by atoms with E-state index in [9.17, 15) is 0 Å². The number of nitrogens with zero attached hydrogens (tertiary/aromatic N) is 2. The first kappa shape index (κ1) is 19.0. The molecule has 0 amide bonds. The van der Waals surface area contributed by atoms with Gasteiger partial charge in [-0.15, -0.1) is 12.4 Å². The van der Waals surface area contributed by atoms with E-state index in [0.29, 0.717) is 0 Å². The second kappa shape index (κ2) is 8.17. The van der Waals surface area contributed by atoms with Gasteiger partial charge < -0.3 is 15.4 Å². The highest BCUT2D eigenvalue weighted by Gasteiger charge is 2.32. The maximum atomic E-state index is 5.94. The Morgan fingerprint density at radius 1 is 1.26 bits per heavy atom. The second-order valence-corrected chi connectivity index (χ2v) is 7.76. The summed E-state index contributed by atoms with van der Waals surface area (Å²) in [6, 6.07) is 6.66. The van der Waals surface area contributed by atoms with Crippen LogP contribution in [0.2, 0.25) is 0 Å². The van der Waals surface area contributed by atoms with E-state index in [1.54, 1.807) is 0 Å². The van der Waals surface area contributed by atoms with Crippen LogP contribution in [0.15, 0.2) is 22.7 Å². The molecule has 0 aliphatic carbocycles. The number of ether oxygens (including phenoxy) is 1. The van der Waals surface area contributed by atoms with E-state index < -0.39 is 0 Å². The van der Waals surface area contributed by atoms with Crippen LogP contribution >= 0.6 is 28.3 Å². The summed E-state index contributed by atoms with van der Waals surface area (Å²) in [5.41, 5.74) is 8.98. The summed E-state index contributed by atoms with van der Waals surface area (Å²) < 4.78 is 6.63. The first-order valence-corrected chi connectivity index (χ1v) is 8.92. The lowest BCUT2D eigenvalue weighted by Gasteiger charge is -2.32. The lowest BCUT2D eigenvalue weighted by Crippen LogP contribution is -2.37. The van der Waals surface area contributed by atoms with Crippen LogP contribution in [0.1, 0.15) is 18.9 Å². The monoisotopic (exact) mass is 403 g/mol. The van der Waals surface area contributed by atoms with Gasteiger partial charge in [0.15, 0.2) is 0 Å². The van der Waals surface area contributed by atoms with Crippen molar-refractivity contribution in [2.24, 2.45) is 11.1 Å². The molecule has 23 heavy (non-hydrogen) atoms. The molecular weight excluding hydrogens is 378 g/mol. The Kier molecular flexibility index (Phi) is 6.75. The number of rotatable bonds is 4. The van der Waals surface area contributed by atoms with Gasteiger partial charge in [-0.1, -0.05) is 28.9 Å². The zero-order valence-electron chi connectivity index (χ0n) is 13.8. The molecule has 2 fully saturated rings. The fourth-order valence-corrected chi connectivity index (χ4v) is 3.79. The minimum atomic E-state index is 0. The maximum absolute atomic E-state index is 5.94. The molecule has 1 aromatic carbocycles. The van der Waals surface area contributed by atoms with E-state index in [4.69, 9.17) is 10.5 Å². The Morgan fingerprint density at radius 2 is 2.00 bits per heavy atom. The number of benzene rings is 1. The van der Waals surface area contributed by atoms with Crippen LogP contribution in [0.25, 0.3) is 0 Å². The van der Waals surface area contributed by atoms with Crippen molar-refractivity contribution in [2.75, 3.05) is 50.8 Å². The summed E-state index contributed by atoms with van der Waals surface area (Å²) in [5.74, 6) is 0. The molecule has 130 valence electrons. The quantitative estimate of drug-likeness (QED) is 0.838. The predicted octanol–water partition coefficient (Wildman–Crippen LogP) is 2.88. The van der Waals surface area contributed by atoms with Crippen molar-refractivity contribution in [3.63, 3.8) is 0 Å². The van der Waals surface area contributed by atoms with Crippen LogP contribution in [0.3, 0.4) is 0 Å². The summed E-state index contributed by atoms with van der Waals surface area (Å²) in [7, 11) is 0. The zero-order valence-corrected chi connectivity index (χ0v) is 16.2. The van der Waals surface area contributed by atoms with Gasteiger partial charge in [0.25, 0.3) is 0 Å². The Labute approximate surface area is 153 Å². The molecule has 2 aliphatic heterocycles. The Balaban J connectivity index is 0.00000192. The molecule has 0 bridgehead atoms. The van der Waals surface area contributed by atoms with Gasteiger partial charge in [-0.05, 0) is 42.6 Å². The van der Waals surface area contributed by atoms with Gasteiger partial charge in [0.05, 0.1) is 13.2 Å². The van der Waals surface area contributed by atoms with Gasteiger partial charge in [-0.3, -0.25) is 4.90 Å². The van der Waals surface area contributed by atoms with E-state index in [1.807, 2.05) is 0 Å². The van der Waals surface area contributed by atoms with Gasteiger partial charge in [-0.2, -0.15) is 0 Å². The minimum absolute atomic E-state index is 0. The molecule has 1 atom stereocenters. The van der Waals surface area contributed by atoms with E-state index >= 15 is 0 Å². The highest BCUT2D eigenvalue weighted by atomic mass is 79.9. The number of nitrogens with two attached hydrogens (primary N) is 1. The number of halogens is 2. The molecule has 2 aliphatic rings. The van der Waals surface area contributed by atoms with Gasteiger partial charge in [-0.25, -0.2) is 0 Å². The van der Waals surface area contributed by atoms with Gasteiger partial charge in [0.1, 0.15) is 0 Å². The molecule has 1 unspecified atom stereocenters. The average molecular weight is 405 g/mol. The van der Waals surface area contributed by atoms with Crippen LogP contribution in [0.4, 0.5) is 5.69 Å². The average Bonchev–Trinajstić information content (AvgIpc) is 2.92. The largest absolute Gasteiger partial charge is 0.378 e. The number of anilines is 1. The van der Waals surface area contributed by atoms with Crippen molar-refractivity contribution in [3.8, 4) is 0 Å². The second-order valence-electron chi connectivity index (χ2n) is 6.85. The van der Waals surface area contributed by atoms with Crippen molar-refractivity contribution < 1.29 is 4.74 Å². The molecule has 1 aromatic rings. The molecule has 0 spiro atoms. The third kappa shape index (κ3) is 4.60. The van der Waals surface area contributed by atoms with Crippen LogP contribution < -0.4 is 10.6 Å². The lowest BCUT2D eigenvalue weighted by molar-refractivity contribution is 0.122. The molecule has 0 saturated carbocycles. The van der Waals surface area contributed by atoms with Crippen molar-refractivity contribution in [1.29, 1.82) is 0 Å². The standard InChI is InChI=1S/C17H26BrN3O.ClH/c1-17(12-19)4-5-20(13-17)11-14-2-3-15(18)10-16(14)21-6-8-22-9-7-21;/h2-3,10H,4-9,11-13,19H2,1H3;1H. The Bertz CT molecular complexity index is 525. The molecular formula is C17H27BrClN3O. The van der Waals surface area contributed by atoms with Crippen molar-refractivity contribution >= 4 is 34.0 Å². The third-order valence-electron chi connectivity index (χ3n) is 4.92. The molecule has 0 aromatic heterocycles. The van der Waals surface area contributed by atoms with Crippen LogP contribution in [-0.4, -0.2) is 50.8 Å². The molecule has 2 heterocycles. The topological polar surface area (TPSA) is 41.7 Å². The minimum Gasteiger partial charge on any atom is -0.378 e. The SMILES string of the molecule is CC1(CN)CCN(Cc2ccc(Br)cc2N2CCOCC2)C1.Cl. The van der Waals surface area contributed by atoms with Crippen molar-refractivity contribution in [2.45, 2.75) is 19.9 Å². The van der Waals surface area contributed by atoms with Crippen molar-refractivity contribution in [3.05, 3.63) is 28.2 Å². The van der Waals surface area contributed by atoms with E-state index in [1.165, 1.54) is 17.7 Å². The van der Waals surface area contributed by atoms with Crippen LogP contribution in [-0.2, 0) is 11.3 Å². The van der Waals surface area contributed by atoms with Gasteiger partial charge in [0.2, 0.25) is 0 Å². The number of morpholine rings is 1. The van der Waals surface area contributed by atoms with E-state index in [0.717, 1.165) is 57.0 Å². The summed E-state index contributed by atoms with van der Waals surface area (Å²) in [5, 5.41) is 0. The van der Waals surface area contributed by atoms with Gasteiger partial charge in [0, 0.05) is 36.3 Å². The fourth-order valence-electron chi connectivity index (χ4n) is 3.44. The first-order chi connectivity index (χ1) is 10.6. The summed E-state index contributed by atoms with van der Waals surface area (Å²) >= 11 is 3.62. The molecule has 2 saturated heterocycles. The lowest BCUT2D eigenvalue weighted by atomic mass is 9.90. The molecule has 6 heteroatoms. The normalized spacial score (nSPS) is 25.4. The summed E-state index contributed by atoms with van der Waals surface area (Å²) in [6.07, 6.45) is 1.20. The maximum Gasteiger partial charge on any atom is 0.0642 e. The Morgan fingerprint density at radius 3 is 2.65 bits per heavy atom. The van der Waals surface area contributed by atoms with E-state index in [2.05, 4.69) is 50.9 Å². The number of hydrogen-bond acceptors (Lipinski definition) is 4.